The molecule has 0 aliphatic rings. The molecule has 0 bridgehead atoms. The van der Waals surface area contributed by atoms with Crippen LogP contribution in [0.2, 0.25) is 0 Å². The smallest absolute Gasteiger partial charge is 0.322 e. The van der Waals surface area contributed by atoms with E-state index in [0.717, 1.165) is 28.1 Å². The number of thiophene rings is 1. The molecule has 3 rings (SSSR count). The van der Waals surface area contributed by atoms with E-state index in [1.54, 1.807) is 30.5 Å². The predicted octanol–water partition coefficient (Wildman–Crippen LogP) is 6.09. The van der Waals surface area contributed by atoms with E-state index < -0.39 is 0 Å². The van der Waals surface area contributed by atoms with Crippen LogP contribution in [0, 0.1) is 5.92 Å². The van der Waals surface area contributed by atoms with Gasteiger partial charge in [-0.05, 0) is 65.6 Å². The normalized spacial score (nSPS) is 10.8. The molecule has 0 aliphatic carbocycles. The molecule has 7 nitrogen and oxygen atoms in total. The highest BCUT2D eigenvalue weighted by molar-refractivity contribution is 7.09. The third-order valence-corrected chi connectivity index (χ3v) is 7.04. The van der Waals surface area contributed by atoms with Gasteiger partial charge < -0.3 is 24.6 Å². The Morgan fingerprint density at radius 2 is 1.74 bits per heavy atom. The summed E-state index contributed by atoms with van der Waals surface area (Å²) < 4.78 is 10.8. The summed E-state index contributed by atoms with van der Waals surface area (Å²) in [6.45, 7) is 7.67. The number of hydrogen-bond donors (Lipinski definition) is 1. The van der Waals surface area contributed by atoms with Crippen LogP contribution < -0.4 is 14.8 Å². The lowest BCUT2D eigenvalue weighted by Gasteiger charge is -2.29. The molecule has 8 heteroatoms. The Morgan fingerprint density at radius 1 is 0.947 bits per heavy atom. The average molecular weight is 538 g/mol. The van der Waals surface area contributed by atoms with Crippen molar-refractivity contribution in [3.8, 4) is 11.5 Å². The largest absolute Gasteiger partial charge is 0.493 e. The molecule has 3 aromatic rings. The summed E-state index contributed by atoms with van der Waals surface area (Å²) in [4.78, 5) is 31.4. The number of nitrogens with one attached hydrogen (secondary N) is 1. The SMILES string of the molecule is CCc1cccc(NC(=O)N(CC(=O)N(CCc2ccc(OC)c(OC)c2)Cc2cccs2)CC(C)C)c1. The maximum absolute atomic E-state index is 13.6. The number of aryl methyl sites for hydroxylation is 1. The summed E-state index contributed by atoms with van der Waals surface area (Å²) in [6.07, 6.45) is 1.54. The monoisotopic (exact) mass is 537 g/mol. The third-order valence-electron chi connectivity index (χ3n) is 6.18. The van der Waals surface area contributed by atoms with Gasteiger partial charge in [0.2, 0.25) is 5.91 Å². The molecule has 1 heterocycles. The fourth-order valence-electron chi connectivity index (χ4n) is 4.18. The number of carbonyl (C=O) groups excluding carboxylic acids is 2. The van der Waals surface area contributed by atoms with Crippen molar-refractivity contribution in [2.24, 2.45) is 5.92 Å². The van der Waals surface area contributed by atoms with Crippen LogP contribution in [0.5, 0.6) is 11.5 Å². The van der Waals surface area contributed by atoms with E-state index in [1.165, 1.54) is 0 Å². The fraction of sp³-hybridized carbons (Fsp3) is 0.400. The van der Waals surface area contributed by atoms with Crippen LogP contribution in [-0.2, 0) is 24.2 Å². The van der Waals surface area contributed by atoms with E-state index in [1.807, 2.05) is 78.7 Å². The van der Waals surface area contributed by atoms with E-state index in [9.17, 15) is 9.59 Å². The minimum absolute atomic E-state index is 0.00872. The highest BCUT2D eigenvalue weighted by Crippen LogP contribution is 2.28. The molecule has 1 aromatic heterocycles. The van der Waals surface area contributed by atoms with Crippen molar-refractivity contribution in [1.29, 1.82) is 0 Å². The molecule has 3 amide bonds. The van der Waals surface area contributed by atoms with Crippen LogP contribution in [0.4, 0.5) is 10.5 Å². The number of benzene rings is 2. The molecule has 0 atom stereocenters. The van der Waals surface area contributed by atoms with Crippen LogP contribution >= 0.6 is 11.3 Å². The fourth-order valence-corrected chi connectivity index (χ4v) is 4.90. The zero-order valence-electron chi connectivity index (χ0n) is 23.0. The maximum atomic E-state index is 13.6. The van der Waals surface area contributed by atoms with Gasteiger partial charge >= 0.3 is 6.03 Å². The van der Waals surface area contributed by atoms with Gasteiger partial charge in [-0.2, -0.15) is 0 Å². The highest BCUT2D eigenvalue weighted by Gasteiger charge is 2.23. The molecule has 0 unspecified atom stereocenters. The van der Waals surface area contributed by atoms with Gasteiger partial charge in [0, 0.05) is 23.7 Å². The Bertz CT molecular complexity index is 1180. The maximum Gasteiger partial charge on any atom is 0.322 e. The molecule has 2 aromatic carbocycles. The number of anilines is 1. The van der Waals surface area contributed by atoms with Crippen molar-refractivity contribution in [2.75, 3.05) is 39.2 Å². The second kappa shape index (κ2) is 14.4. The lowest BCUT2D eigenvalue weighted by atomic mass is 10.1. The predicted molar refractivity (Wildman–Crippen MR) is 154 cm³/mol. The summed E-state index contributed by atoms with van der Waals surface area (Å²) in [5.41, 5.74) is 2.92. The highest BCUT2D eigenvalue weighted by atomic mass is 32.1. The molecule has 0 radical (unpaired) electrons. The van der Waals surface area contributed by atoms with Crippen LogP contribution in [0.3, 0.4) is 0 Å². The summed E-state index contributed by atoms with van der Waals surface area (Å²) >= 11 is 1.62. The van der Waals surface area contributed by atoms with Crippen LogP contribution in [0.15, 0.2) is 60.0 Å². The first-order valence-corrected chi connectivity index (χ1v) is 13.9. The molecule has 0 spiro atoms. The topological polar surface area (TPSA) is 71.1 Å². The first-order chi connectivity index (χ1) is 18.3. The number of methoxy groups -OCH3 is 2. The number of nitrogens with zero attached hydrogens (tertiary/aromatic N) is 2. The minimum atomic E-state index is -0.267. The molecule has 0 aliphatic heterocycles. The van der Waals surface area contributed by atoms with Crippen molar-refractivity contribution in [1.82, 2.24) is 9.80 Å². The quantitative estimate of drug-likeness (QED) is 0.286. The number of amides is 3. The van der Waals surface area contributed by atoms with Crippen molar-refractivity contribution in [3.63, 3.8) is 0 Å². The van der Waals surface area contributed by atoms with Gasteiger partial charge in [0.25, 0.3) is 0 Å². The third kappa shape index (κ3) is 8.52. The number of urea groups is 1. The lowest BCUT2D eigenvalue weighted by Crippen LogP contribution is -2.46. The standard InChI is InChI=1S/C30H39N3O4S/c1-6-23-9-7-10-25(17-23)31-30(35)33(19-22(2)3)21-29(34)32(20-26-11-8-16-38-26)15-14-24-12-13-27(36-4)28(18-24)37-5/h7-13,16-18,22H,6,14-15,19-21H2,1-5H3,(H,31,35). The van der Waals surface area contributed by atoms with Gasteiger partial charge in [0.05, 0.1) is 20.8 Å². The second-order valence-electron chi connectivity index (χ2n) is 9.59. The number of hydrogen-bond acceptors (Lipinski definition) is 5. The summed E-state index contributed by atoms with van der Waals surface area (Å²) in [7, 11) is 3.22. The van der Waals surface area contributed by atoms with Gasteiger partial charge in [-0.15, -0.1) is 11.3 Å². The zero-order chi connectivity index (χ0) is 27.5. The van der Waals surface area contributed by atoms with Gasteiger partial charge in [-0.25, -0.2) is 4.79 Å². The molecule has 0 saturated carbocycles. The van der Waals surface area contributed by atoms with Crippen LogP contribution in [-0.4, -0.2) is 55.6 Å². The van der Waals surface area contributed by atoms with Gasteiger partial charge in [-0.1, -0.05) is 45.0 Å². The van der Waals surface area contributed by atoms with E-state index in [4.69, 9.17) is 9.47 Å². The van der Waals surface area contributed by atoms with E-state index >= 15 is 0 Å². The molecular formula is C30H39N3O4S. The zero-order valence-corrected chi connectivity index (χ0v) is 23.8. The van der Waals surface area contributed by atoms with Crippen LogP contribution in [0.25, 0.3) is 0 Å². The van der Waals surface area contributed by atoms with E-state index in [2.05, 4.69) is 12.2 Å². The molecule has 1 N–H and O–H groups in total. The summed E-state index contributed by atoms with van der Waals surface area (Å²) in [6, 6.07) is 17.4. The van der Waals surface area contributed by atoms with E-state index in [-0.39, 0.29) is 24.4 Å². The van der Waals surface area contributed by atoms with E-state index in [0.29, 0.717) is 37.6 Å². The van der Waals surface area contributed by atoms with Crippen LogP contribution in [0.1, 0.15) is 36.8 Å². The Balaban J connectivity index is 1.74. The van der Waals surface area contributed by atoms with Crippen molar-refractivity contribution in [2.45, 2.75) is 40.2 Å². The molecule has 204 valence electrons. The Morgan fingerprint density at radius 3 is 2.39 bits per heavy atom. The molecular weight excluding hydrogens is 498 g/mol. The second-order valence-corrected chi connectivity index (χ2v) is 10.6. The Kier molecular flexibility index (Phi) is 11.0. The average Bonchev–Trinajstić information content (AvgIpc) is 3.43. The number of ether oxygens (including phenoxy) is 2. The minimum Gasteiger partial charge on any atom is -0.493 e. The summed E-state index contributed by atoms with van der Waals surface area (Å²) in [5.74, 6) is 1.46. The molecule has 0 saturated heterocycles. The van der Waals surface area contributed by atoms with Gasteiger partial charge in [0.15, 0.2) is 11.5 Å². The first-order valence-electron chi connectivity index (χ1n) is 13.0. The first kappa shape index (κ1) is 29.0. The van der Waals surface area contributed by atoms with Crippen molar-refractivity contribution >= 4 is 29.0 Å². The molecule has 38 heavy (non-hydrogen) atoms. The van der Waals surface area contributed by atoms with Crippen molar-refractivity contribution < 1.29 is 19.1 Å². The molecule has 0 fully saturated rings. The van der Waals surface area contributed by atoms with Gasteiger partial charge in [-0.3, -0.25) is 4.79 Å². The van der Waals surface area contributed by atoms with Gasteiger partial charge in [0.1, 0.15) is 6.54 Å². The number of rotatable bonds is 13. The van der Waals surface area contributed by atoms with Crippen molar-refractivity contribution in [3.05, 3.63) is 76.0 Å². The number of carbonyl (C=O) groups is 2. The Labute approximate surface area is 230 Å². The Hall–Kier alpha value is -3.52. The lowest BCUT2D eigenvalue weighted by molar-refractivity contribution is -0.132. The summed E-state index contributed by atoms with van der Waals surface area (Å²) in [5, 5.41) is 5.00.